The Morgan fingerprint density at radius 2 is 2.17 bits per heavy atom. The topological polar surface area (TPSA) is 57.7 Å². The number of hydrogen-bond acceptors (Lipinski definition) is 4. The van der Waals surface area contributed by atoms with Crippen LogP contribution in [0.15, 0.2) is 24.5 Å². The Labute approximate surface area is 137 Å². The molecule has 3 rings (SSSR count). The summed E-state index contributed by atoms with van der Waals surface area (Å²) in [5, 5.41) is 2.97. The summed E-state index contributed by atoms with van der Waals surface area (Å²) in [6.45, 7) is 5.57. The largest absolute Gasteiger partial charge is 0.379 e. The van der Waals surface area contributed by atoms with E-state index in [4.69, 9.17) is 4.74 Å². The quantitative estimate of drug-likeness (QED) is 0.924. The van der Waals surface area contributed by atoms with Crippen LogP contribution in [0, 0.1) is 0 Å². The molecular formula is C17H26N4O2. The van der Waals surface area contributed by atoms with Crippen molar-refractivity contribution in [2.24, 2.45) is 0 Å². The first-order valence-corrected chi connectivity index (χ1v) is 8.61. The molecule has 6 heteroatoms. The minimum atomic E-state index is 0.00433. The third-order valence-electron chi connectivity index (χ3n) is 4.68. The number of morpholine rings is 1. The molecule has 0 spiro atoms. The molecule has 3 heterocycles. The van der Waals surface area contributed by atoms with Gasteiger partial charge in [0.25, 0.3) is 0 Å². The highest BCUT2D eigenvalue weighted by molar-refractivity contribution is 5.89. The van der Waals surface area contributed by atoms with Crippen LogP contribution in [0.4, 0.5) is 10.5 Å². The van der Waals surface area contributed by atoms with Gasteiger partial charge in [-0.05, 0) is 37.8 Å². The number of aromatic nitrogens is 1. The second-order valence-corrected chi connectivity index (χ2v) is 6.26. The molecule has 1 N–H and O–H groups in total. The number of anilines is 1. The number of carbonyl (C=O) groups excluding carboxylic acids is 1. The summed E-state index contributed by atoms with van der Waals surface area (Å²) in [5.74, 6) is 0. The molecule has 1 aromatic rings. The van der Waals surface area contributed by atoms with Crippen molar-refractivity contribution in [2.45, 2.75) is 31.7 Å². The second-order valence-electron chi connectivity index (χ2n) is 6.26. The van der Waals surface area contributed by atoms with Gasteiger partial charge in [-0.2, -0.15) is 0 Å². The third-order valence-corrected chi connectivity index (χ3v) is 4.68. The van der Waals surface area contributed by atoms with Gasteiger partial charge in [0.05, 0.1) is 25.1 Å². The van der Waals surface area contributed by atoms with Crippen LogP contribution >= 0.6 is 0 Å². The van der Waals surface area contributed by atoms with E-state index in [2.05, 4.69) is 15.2 Å². The molecule has 126 valence electrons. The van der Waals surface area contributed by atoms with Crippen LogP contribution in [-0.2, 0) is 4.74 Å². The lowest BCUT2D eigenvalue weighted by Gasteiger charge is -2.37. The minimum absolute atomic E-state index is 0.00433. The molecule has 0 bridgehead atoms. The van der Waals surface area contributed by atoms with E-state index >= 15 is 0 Å². The van der Waals surface area contributed by atoms with E-state index in [1.165, 1.54) is 6.42 Å². The average Bonchev–Trinajstić information content (AvgIpc) is 2.62. The number of pyridine rings is 1. The van der Waals surface area contributed by atoms with Gasteiger partial charge in [0, 0.05) is 38.4 Å². The summed E-state index contributed by atoms with van der Waals surface area (Å²) < 4.78 is 5.40. The SMILES string of the molecule is O=C(Nc1cccnc1)N1CCCCC1CCN1CCOCC1. The molecule has 2 fully saturated rings. The third kappa shape index (κ3) is 4.65. The fourth-order valence-corrected chi connectivity index (χ4v) is 3.36. The number of amides is 2. The Morgan fingerprint density at radius 1 is 1.30 bits per heavy atom. The van der Waals surface area contributed by atoms with Crippen molar-refractivity contribution in [2.75, 3.05) is 44.7 Å². The van der Waals surface area contributed by atoms with Crippen molar-refractivity contribution < 1.29 is 9.53 Å². The summed E-state index contributed by atoms with van der Waals surface area (Å²) >= 11 is 0. The van der Waals surface area contributed by atoms with E-state index in [1.807, 2.05) is 17.0 Å². The highest BCUT2D eigenvalue weighted by atomic mass is 16.5. The van der Waals surface area contributed by atoms with Crippen LogP contribution in [-0.4, -0.2) is 66.2 Å². The predicted molar refractivity (Wildman–Crippen MR) is 89.5 cm³/mol. The molecule has 0 radical (unpaired) electrons. The molecule has 0 saturated carbocycles. The van der Waals surface area contributed by atoms with Gasteiger partial charge < -0.3 is 15.0 Å². The predicted octanol–water partition coefficient (Wildman–Crippen LogP) is 2.19. The van der Waals surface area contributed by atoms with Crippen LogP contribution in [0.25, 0.3) is 0 Å². The maximum Gasteiger partial charge on any atom is 0.322 e. The first-order valence-electron chi connectivity index (χ1n) is 8.61. The van der Waals surface area contributed by atoms with E-state index < -0.39 is 0 Å². The lowest BCUT2D eigenvalue weighted by atomic mass is 9.99. The Bertz CT molecular complexity index is 491. The smallest absolute Gasteiger partial charge is 0.322 e. The van der Waals surface area contributed by atoms with Crippen molar-refractivity contribution in [3.8, 4) is 0 Å². The Morgan fingerprint density at radius 3 is 2.96 bits per heavy atom. The molecule has 2 amide bonds. The van der Waals surface area contributed by atoms with Crippen molar-refractivity contribution in [3.05, 3.63) is 24.5 Å². The highest BCUT2D eigenvalue weighted by Crippen LogP contribution is 2.21. The molecule has 2 aliphatic heterocycles. The first kappa shape index (κ1) is 16.2. The zero-order valence-electron chi connectivity index (χ0n) is 13.6. The average molecular weight is 318 g/mol. The minimum Gasteiger partial charge on any atom is -0.379 e. The Kier molecular flexibility index (Phi) is 5.82. The van der Waals surface area contributed by atoms with Gasteiger partial charge in [0.1, 0.15) is 0 Å². The molecule has 0 aromatic carbocycles. The Balaban J connectivity index is 1.53. The standard InChI is InChI=1S/C17H26N4O2/c22-17(19-15-4-3-7-18-14-15)21-8-2-1-5-16(21)6-9-20-10-12-23-13-11-20/h3-4,7,14,16H,1-2,5-6,8-13H2,(H,19,22). The van der Waals surface area contributed by atoms with Crippen LogP contribution in [0.1, 0.15) is 25.7 Å². The normalized spacial score (nSPS) is 22.8. The lowest BCUT2D eigenvalue weighted by molar-refractivity contribution is 0.0329. The van der Waals surface area contributed by atoms with Crippen molar-refractivity contribution >= 4 is 11.7 Å². The van der Waals surface area contributed by atoms with Gasteiger partial charge in [-0.3, -0.25) is 9.88 Å². The maximum atomic E-state index is 12.6. The van der Waals surface area contributed by atoms with E-state index in [0.29, 0.717) is 6.04 Å². The molecule has 2 aliphatic rings. The number of ether oxygens (including phenoxy) is 1. The summed E-state index contributed by atoms with van der Waals surface area (Å²) in [5.41, 5.74) is 0.759. The molecule has 1 aromatic heterocycles. The summed E-state index contributed by atoms with van der Waals surface area (Å²) in [7, 11) is 0. The number of piperidine rings is 1. The van der Waals surface area contributed by atoms with Gasteiger partial charge >= 0.3 is 6.03 Å². The molecule has 1 unspecified atom stereocenters. The van der Waals surface area contributed by atoms with Crippen LogP contribution in [0.3, 0.4) is 0 Å². The number of rotatable bonds is 4. The fraction of sp³-hybridized carbons (Fsp3) is 0.647. The zero-order valence-corrected chi connectivity index (χ0v) is 13.6. The van der Waals surface area contributed by atoms with E-state index in [1.54, 1.807) is 12.4 Å². The summed E-state index contributed by atoms with van der Waals surface area (Å²) in [4.78, 5) is 21.1. The molecule has 2 saturated heterocycles. The molecule has 0 aliphatic carbocycles. The van der Waals surface area contributed by atoms with Crippen molar-refractivity contribution in [1.82, 2.24) is 14.8 Å². The fourth-order valence-electron chi connectivity index (χ4n) is 3.36. The van der Waals surface area contributed by atoms with Crippen LogP contribution < -0.4 is 5.32 Å². The van der Waals surface area contributed by atoms with Gasteiger partial charge in [0.15, 0.2) is 0 Å². The zero-order chi connectivity index (χ0) is 15.9. The highest BCUT2D eigenvalue weighted by Gasteiger charge is 2.27. The van der Waals surface area contributed by atoms with Gasteiger partial charge in [0.2, 0.25) is 0 Å². The van der Waals surface area contributed by atoms with Gasteiger partial charge in [-0.1, -0.05) is 0 Å². The Hall–Kier alpha value is -1.66. The van der Waals surface area contributed by atoms with Gasteiger partial charge in [-0.25, -0.2) is 4.79 Å². The van der Waals surface area contributed by atoms with Gasteiger partial charge in [-0.15, -0.1) is 0 Å². The van der Waals surface area contributed by atoms with E-state index in [-0.39, 0.29) is 6.03 Å². The number of likely N-dealkylation sites (tertiary alicyclic amines) is 1. The first-order chi connectivity index (χ1) is 11.3. The van der Waals surface area contributed by atoms with Crippen molar-refractivity contribution in [1.29, 1.82) is 0 Å². The van der Waals surface area contributed by atoms with Crippen LogP contribution in [0.2, 0.25) is 0 Å². The molecule has 1 atom stereocenters. The second kappa shape index (κ2) is 8.26. The van der Waals surface area contributed by atoms with Crippen LogP contribution in [0.5, 0.6) is 0 Å². The monoisotopic (exact) mass is 318 g/mol. The maximum absolute atomic E-state index is 12.6. The summed E-state index contributed by atoms with van der Waals surface area (Å²) in [6.07, 6.45) is 7.84. The lowest BCUT2D eigenvalue weighted by Crippen LogP contribution is -2.48. The number of hydrogen-bond donors (Lipinski definition) is 1. The molecule has 23 heavy (non-hydrogen) atoms. The number of carbonyl (C=O) groups is 1. The number of nitrogens with zero attached hydrogens (tertiary/aromatic N) is 3. The number of urea groups is 1. The number of nitrogens with one attached hydrogen (secondary N) is 1. The molecular weight excluding hydrogens is 292 g/mol. The van der Waals surface area contributed by atoms with E-state index in [9.17, 15) is 4.79 Å². The van der Waals surface area contributed by atoms with E-state index in [0.717, 1.165) is 64.3 Å². The summed E-state index contributed by atoms with van der Waals surface area (Å²) in [6, 6.07) is 4.05. The van der Waals surface area contributed by atoms with Crippen molar-refractivity contribution in [3.63, 3.8) is 0 Å². The molecule has 6 nitrogen and oxygen atoms in total.